The van der Waals surface area contributed by atoms with E-state index in [0.717, 1.165) is 0 Å². The molecule has 0 bridgehead atoms. The molecule has 0 unspecified atom stereocenters. The number of carbonyl (C=O) groups excluding carboxylic acids is 1. The van der Waals surface area contributed by atoms with E-state index in [2.05, 4.69) is 11.9 Å². The predicted molar refractivity (Wildman–Crippen MR) is 54.9 cm³/mol. The van der Waals surface area contributed by atoms with E-state index in [1.54, 1.807) is 18.2 Å². The second-order valence-corrected chi connectivity index (χ2v) is 2.68. The molecule has 0 aromatic heterocycles. The van der Waals surface area contributed by atoms with E-state index in [0.29, 0.717) is 12.2 Å². The first kappa shape index (κ1) is 10.5. The van der Waals surface area contributed by atoms with Gasteiger partial charge < -0.3 is 10.1 Å². The van der Waals surface area contributed by atoms with Gasteiger partial charge in [-0.3, -0.25) is 4.79 Å². The Hall–Kier alpha value is -1.61. The Kier molecular flexibility index (Phi) is 4.44. The maximum atomic E-state index is 11.4. The number of hydrogen-bond donors (Lipinski definition) is 1. The number of rotatable bonds is 5. The Balaban J connectivity index is 2.32. The van der Waals surface area contributed by atoms with Gasteiger partial charge >= 0.3 is 0 Å². The molecule has 0 aliphatic rings. The number of hydrogen-bond acceptors (Lipinski definition) is 2. The highest BCUT2D eigenvalue weighted by Gasteiger charge is 2.01. The first-order chi connectivity index (χ1) is 6.84. The summed E-state index contributed by atoms with van der Waals surface area (Å²) in [5.41, 5.74) is 0.634. The van der Waals surface area contributed by atoms with Crippen molar-refractivity contribution in [3.63, 3.8) is 0 Å². The minimum atomic E-state index is -0.130. The fourth-order valence-corrected chi connectivity index (χ4v) is 0.950. The third kappa shape index (κ3) is 3.41. The highest BCUT2D eigenvalue weighted by molar-refractivity contribution is 5.93. The zero-order valence-electron chi connectivity index (χ0n) is 7.90. The molecule has 3 heteroatoms. The topological polar surface area (TPSA) is 38.3 Å². The first-order valence-electron chi connectivity index (χ1n) is 4.36. The molecule has 74 valence electrons. The van der Waals surface area contributed by atoms with Crippen molar-refractivity contribution in [1.29, 1.82) is 0 Å². The van der Waals surface area contributed by atoms with Crippen LogP contribution < -0.4 is 5.32 Å². The molecule has 0 saturated carbocycles. The molecule has 0 aliphatic heterocycles. The average Bonchev–Trinajstić information content (AvgIpc) is 2.25. The van der Waals surface area contributed by atoms with Crippen molar-refractivity contribution in [3.05, 3.63) is 48.6 Å². The highest BCUT2D eigenvalue weighted by atomic mass is 16.5. The molecule has 0 aliphatic carbocycles. The third-order valence-electron chi connectivity index (χ3n) is 1.61. The van der Waals surface area contributed by atoms with Crippen molar-refractivity contribution < 1.29 is 9.53 Å². The predicted octanol–water partition coefficient (Wildman–Crippen LogP) is 1.58. The van der Waals surface area contributed by atoms with Gasteiger partial charge in [-0.1, -0.05) is 24.3 Å². The van der Waals surface area contributed by atoms with Crippen molar-refractivity contribution in [1.82, 2.24) is 5.32 Å². The lowest BCUT2D eigenvalue weighted by molar-refractivity contribution is 0.0838. The molecule has 1 rings (SSSR count). The summed E-state index contributed by atoms with van der Waals surface area (Å²) >= 11 is 0. The Labute approximate surface area is 83.4 Å². The van der Waals surface area contributed by atoms with Crippen molar-refractivity contribution in [2.45, 2.75) is 0 Å². The van der Waals surface area contributed by atoms with Gasteiger partial charge in [-0.2, -0.15) is 0 Å². The van der Waals surface area contributed by atoms with Crippen LogP contribution >= 0.6 is 0 Å². The van der Waals surface area contributed by atoms with Crippen molar-refractivity contribution in [2.75, 3.05) is 13.3 Å². The van der Waals surface area contributed by atoms with Crippen molar-refractivity contribution >= 4 is 5.91 Å². The van der Waals surface area contributed by atoms with Gasteiger partial charge in [0, 0.05) is 5.56 Å². The van der Waals surface area contributed by atoms with E-state index >= 15 is 0 Å². The van der Waals surface area contributed by atoms with Gasteiger partial charge in [0.2, 0.25) is 0 Å². The monoisotopic (exact) mass is 191 g/mol. The molecule has 0 radical (unpaired) electrons. The van der Waals surface area contributed by atoms with Crippen LogP contribution in [-0.2, 0) is 4.74 Å². The van der Waals surface area contributed by atoms with E-state index in [4.69, 9.17) is 4.74 Å². The largest absolute Gasteiger partial charge is 0.357 e. The third-order valence-corrected chi connectivity index (χ3v) is 1.61. The molecule has 0 spiro atoms. The molecule has 1 N–H and O–H groups in total. The van der Waals surface area contributed by atoms with Crippen LogP contribution in [0.15, 0.2) is 43.0 Å². The minimum absolute atomic E-state index is 0.130. The summed E-state index contributed by atoms with van der Waals surface area (Å²) in [6.07, 6.45) is 1.63. The summed E-state index contributed by atoms with van der Waals surface area (Å²) in [5.74, 6) is -0.130. The average molecular weight is 191 g/mol. The lowest BCUT2D eigenvalue weighted by Crippen LogP contribution is -2.25. The molecular formula is C11H13NO2. The van der Waals surface area contributed by atoms with Gasteiger partial charge in [-0.25, -0.2) is 0 Å². The summed E-state index contributed by atoms with van der Waals surface area (Å²) in [6, 6.07) is 9.01. The summed E-state index contributed by atoms with van der Waals surface area (Å²) in [4.78, 5) is 11.4. The van der Waals surface area contributed by atoms with Gasteiger partial charge in [-0.15, -0.1) is 6.58 Å². The van der Waals surface area contributed by atoms with E-state index in [1.165, 1.54) is 0 Å². The van der Waals surface area contributed by atoms with Crippen molar-refractivity contribution in [3.8, 4) is 0 Å². The Bertz CT molecular complexity index is 295. The zero-order valence-corrected chi connectivity index (χ0v) is 7.90. The highest BCUT2D eigenvalue weighted by Crippen LogP contribution is 1.97. The second-order valence-electron chi connectivity index (χ2n) is 2.68. The molecule has 0 fully saturated rings. The Morgan fingerprint density at radius 2 is 2.14 bits per heavy atom. The number of benzene rings is 1. The normalized spacial score (nSPS) is 9.43. The van der Waals surface area contributed by atoms with Gasteiger partial charge in [0.15, 0.2) is 0 Å². The number of nitrogens with one attached hydrogen (secondary N) is 1. The fraction of sp³-hybridized carbons (Fsp3) is 0.182. The van der Waals surface area contributed by atoms with Crippen molar-refractivity contribution in [2.24, 2.45) is 0 Å². The molecular weight excluding hydrogens is 178 g/mol. The molecule has 14 heavy (non-hydrogen) atoms. The van der Waals surface area contributed by atoms with Crippen LogP contribution in [0.25, 0.3) is 0 Å². The minimum Gasteiger partial charge on any atom is -0.357 e. The number of carbonyl (C=O) groups is 1. The van der Waals surface area contributed by atoms with Crippen LogP contribution in [0.1, 0.15) is 10.4 Å². The molecule has 1 aromatic rings. The fourth-order valence-electron chi connectivity index (χ4n) is 0.950. The van der Waals surface area contributed by atoms with Crippen LogP contribution in [0, 0.1) is 0 Å². The van der Waals surface area contributed by atoms with Crippen LogP contribution in [-0.4, -0.2) is 19.2 Å². The lowest BCUT2D eigenvalue weighted by atomic mass is 10.2. The molecule has 3 nitrogen and oxygen atoms in total. The van der Waals surface area contributed by atoms with Crippen LogP contribution in [0.4, 0.5) is 0 Å². The lowest BCUT2D eigenvalue weighted by Gasteiger charge is -2.04. The summed E-state index contributed by atoms with van der Waals surface area (Å²) < 4.78 is 5.02. The SMILES string of the molecule is C=CCOCNC(=O)c1ccccc1. The Morgan fingerprint density at radius 3 is 2.79 bits per heavy atom. The van der Waals surface area contributed by atoms with E-state index in [-0.39, 0.29) is 12.6 Å². The maximum Gasteiger partial charge on any atom is 0.253 e. The van der Waals surface area contributed by atoms with E-state index < -0.39 is 0 Å². The quantitative estimate of drug-likeness (QED) is 0.436. The first-order valence-corrected chi connectivity index (χ1v) is 4.36. The zero-order chi connectivity index (χ0) is 10.2. The molecule has 0 heterocycles. The van der Waals surface area contributed by atoms with Crippen LogP contribution in [0.2, 0.25) is 0 Å². The molecule has 1 amide bonds. The van der Waals surface area contributed by atoms with Gasteiger partial charge in [0.1, 0.15) is 6.73 Å². The number of amides is 1. The molecule has 0 saturated heterocycles. The standard InChI is InChI=1S/C11H13NO2/c1-2-8-14-9-12-11(13)10-6-4-3-5-7-10/h2-7H,1,8-9H2,(H,12,13). The van der Waals surface area contributed by atoms with Gasteiger partial charge in [0.25, 0.3) is 5.91 Å². The summed E-state index contributed by atoms with van der Waals surface area (Å²) in [6.45, 7) is 4.15. The van der Waals surface area contributed by atoms with Crippen LogP contribution in [0.3, 0.4) is 0 Å². The van der Waals surface area contributed by atoms with Gasteiger partial charge in [0.05, 0.1) is 6.61 Å². The maximum absolute atomic E-state index is 11.4. The molecule has 1 aromatic carbocycles. The summed E-state index contributed by atoms with van der Waals surface area (Å²) in [7, 11) is 0. The second kappa shape index (κ2) is 5.94. The Morgan fingerprint density at radius 1 is 1.43 bits per heavy atom. The smallest absolute Gasteiger partial charge is 0.253 e. The van der Waals surface area contributed by atoms with Gasteiger partial charge in [-0.05, 0) is 12.1 Å². The van der Waals surface area contributed by atoms with E-state index in [1.807, 2.05) is 18.2 Å². The molecule has 0 atom stereocenters. The van der Waals surface area contributed by atoms with E-state index in [9.17, 15) is 4.79 Å². The summed E-state index contributed by atoms with van der Waals surface area (Å²) in [5, 5.41) is 2.62. The number of ether oxygens (including phenoxy) is 1. The van der Waals surface area contributed by atoms with Crippen LogP contribution in [0.5, 0.6) is 0 Å².